The molecular weight excluding hydrogens is 294 g/mol. The molecule has 2 unspecified atom stereocenters. The van der Waals surface area contributed by atoms with Crippen LogP contribution in [0, 0.1) is 5.92 Å². The molecule has 1 saturated carbocycles. The molecule has 23 heavy (non-hydrogen) atoms. The van der Waals surface area contributed by atoms with E-state index >= 15 is 0 Å². The fourth-order valence-corrected chi connectivity index (χ4v) is 2.85. The third-order valence-corrected chi connectivity index (χ3v) is 3.79. The number of carbonyl (C=O) groups excluding carboxylic acids is 2. The monoisotopic (exact) mass is 327 g/mol. The number of ether oxygens (including phenoxy) is 1. The van der Waals surface area contributed by atoms with E-state index in [4.69, 9.17) is 4.74 Å². The van der Waals surface area contributed by atoms with Gasteiger partial charge in [-0.1, -0.05) is 12.8 Å². The van der Waals surface area contributed by atoms with Crippen molar-refractivity contribution in [2.45, 2.75) is 78.0 Å². The molecule has 1 rings (SSSR count). The summed E-state index contributed by atoms with van der Waals surface area (Å²) in [5, 5.41) is 9.08. The SMILES string of the molecule is CC(C)NC(=O)CNC1CCCCC1CNC(=O)OC(C)(C)C. The Labute approximate surface area is 140 Å². The van der Waals surface area contributed by atoms with Crippen molar-refractivity contribution in [1.82, 2.24) is 16.0 Å². The maximum absolute atomic E-state index is 11.8. The van der Waals surface area contributed by atoms with Gasteiger partial charge >= 0.3 is 6.09 Å². The number of hydrogen-bond donors (Lipinski definition) is 3. The molecule has 2 atom stereocenters. The van der Waals surface area contributed by atoms with Crippen LogP contribution in [-0.4, -0.2) is 42.8 Å². The van der Waals surface area contributed by atoms with Crippen LogP contribution >= 0.6 is 0 Å². The van der Waals surface area contributed by atoms with Crippen molar-refractivity contribution >= 4 is 12.0 Å². The van der Waals surface area contributed by atoms with Crippen molar-refractivity contribution in [3.63, 3.8) is 0 Å². The summed E-state index contributed by atoms with van der Waals surface area (Å²) in [7, 11) is 0. The Morgan fingerprint density at radius 2 is 1.83 bits per heavy atom. The molecule has 0 radical (unpaired) electrons. The lowest BCUT2D eigenvalue weighted by molar-refractivity contribution is -0.121. The van der Waals surface area contributed by atoms with Crippen molar-refractivity contribution < 1.29 is 14.3 Å². The van der Waals surface area contributed by atoms with E-state index in [0.29, 0.717) is 19.0 Å². The molecule has 1 aliphatic carbocycles. The maximum Gasteiger partial charge on any atom is 0.407 e. The highest BCUT2D eigenvalue weighted by Gasteiger charge is 2.26. The summed E-state index contributed by atoms with van der Waals surface area (Å²) in [5.74, 6) is 0.354. The van der Waals surface area contributed by atoms with Crippen molar-refractivity contribution in [3.8, 4) is 0 Å². The molecule has 0 saturated heterocycles. The van der Waals surface area contributed by atoms with Gasteiger partial charge in [0.05, 0.1) is 6.54 Å². The van der Waals surface area contributed by atoms with Gasteiger partial charge in [-0.05, 0) is 53.4 Å². The standard InChI is InChI=1S/C17H33N3O3/c1-12(2)20-15(21)11-18-14-9-7-6-8-13(14)10-19-16(22)23-17(3,4)5/h12-14,18H,6-11H2,1-5H3,(H,19,22)(H,20,21). The Morgan fingerprint density at radius 1 is 1.17 bits per heavy atom. The van der Waals surface area contributed by atoms with E-state index in [-0.39, 0.29) is 24.1 Å². The molecule has 0 aliphatic heterocycles. The number of rotatable bonds is 6. The molecule has 1 aliphatic rings. The fraction of sp³-hybridized carbons (Fsp3) is 0.882. The topological polar surface area (TPSA) is 79.5 Å². The van der Waals surface area contributed by atoms with Crippen molar-refractivity contribution in [2.24, 2.45) is 5.92 Å². The van der Waals surface area contributed by atoms with Crippen LogP contribution in [0.3, 0.4) is 0 Å². The minimum absolute atomic E-state index is 0.0180. The van der Waals surface area contributed by atoms with Crippen molar-refractivity contribution in [1.29, 1.82) is 0 Å². The van der Waals surface area contributed by atoms with Gasteiger partial charge in [0.15, 0.2) is 0 Å². The number of carbonyl (C=O) groups is 2. The largest absolute Gasteiger partial charge is 0.444 e. The van der Waals surface area contributed by atoms with Crippen LogP contribution in [0.25, 0.3) is 0 Å². The maximum atomic E-state index is 11.8. The van der Waals surface area contributed by atoms with Crippen LogP contribution in [0.4, 0.5) is 4.79 Å². The lowest BCUT2D eigenvalue weighted by atomic mass is 9.84. The highest BCUT2D eigenvalue weighted by Crippen LogP contribution is 2.24. The first kappa shape index (κ1) is 19.7. The van der Waals surface area contributed by atoms with Gasteiger partial charge in [-0.2, -0.15) is 0 Å². The van der Waals surface area contributed by atoms with E-state index in [2.05, 4.69) is 16.0 Å². The first-order chi connectivity index (χ1) is 10.7. The smallest absolute Gasteiger partial charge is 0.407 e. The molecule has 0 aromatic carbocycles. The highest BCUT2D eigenvalue weighted by molar-refractivity contribution is 5.78. The molecule has 0 aromatic rings. The van der Waals surface area contributed by atoms with Crippen LogP contribution in [0.15, 0.2) is 0 Å². The van der Waals surface area contributed by atoms with Gasteiger partial charge in [0.2, 0.25) is 5.91 Å². The zero-order chi connectivity index (χ0) is 17.5. The Kier molecular flexibility index (Phi) is 7.82. The number of nitrogens with one attached hydrogen (secondary N) is 3. The summed E-state index contributed by atoms with van der Waals surface area (Å²) in [5.41, 5.74) is -0.483. The summed E-state index contributed by atoms with van der Waals surface area (Å²) in [6.45, 7) is 10.4. The number of alkyl carbamates (subject to hydrolysis) is 1. The molecule has 0 bridgehead atoms. The minimum Gasteiger partial charge on any atom is -0.444 e. The van der Waals surface area contributed by atoms with E-state index in [1.165, 1.54) is 0 Å². The molecule has 0 heterocycles. The molecule has 134 valence electrons. The predicted molar refractivity (Wildman–Crippen MR) is 91.3 cm³/mol. The predicted octanol–water partition coefficient (Wildman–Crippen LogP) is 2.18. The van der Waals surface area contributed by atoms with Crippen molar-refractivity contribution in [2.75, 3.05) is 13.1 Å². The Balaban J connectivity index is 2.39. The van der Waals surface area contributed by atoms with E-state index in [9.17, 15) is 9.59 Å². The van der Waals surface area contributed by atoms with Gasteiger partial charge in [-0.25, -0.2) is 4.79 Å². The van der Waals surface area contributed by atoms with Gasteiger partial charge < -0.3 is 20.7 Å². The Hall–Kier alpha value is -1.30. The van der Waals surface area contributed by atoms with Gasteiger partial charge in [0.1, 0.15) is 5.60 Å². The van der Waals surface area contributed by atoms with E-state index in [1.54, 1.807) is 0 Å². The summed E-state index contributed by atoms with van der Waals surface area (Å²) >= 11 is 0. The van der Waals surface area contributed by atoms with Crippen LogP contribution in [0.1, 0.15) is 60.3 Å². The second kappa shape index (κ2) is 9.11. The van der Waals surface area contributed by atoms with Crippen molar-refractivity contribution in [3.05, 3.63) is 0 Å². The molecular formula is C17H33N3O3. The van der Waals surface area contributed by atoms with E-state index < -0.39 is 5.60 Å². The van der Waals surface area contributed by atoms with E-state index in [0.717, 1.165) is 25.7 Å². The van der Waals surface area contributed by atoms with Crippen LogP contribution in [0.2, 0.25) is 0 Å². The van der Waals surface area contributed by atoms with Gasteiger partial charge in [0, 0.05) is 18.6 Å². The molecule has 2 amide bonds. The first-order valence-electron chi connectivity index (χ1n) is 8.67. The van der Waals surface area contributed by atoms with Gasteiger partial charge in [-0.3, -0.25) is 4.79 Å². The van der Waals surface area contributed by atoms with Gasteiger partial charge in [0.25, 0.3) is 0 Å². The molecule has 3 N–H and O–H groups in total. The molecule has 0 spiro atoms. The Bertz CT molecular complexity index is 391. The normalized spacial score (nSPS) is 21.8. The molecule has 0 aromatic heterocycles. The second-order valence-corrected chi connectivity index (χ2v) is 7.64. The summed E-state index contributed by atoms with van der Waals surface area (Å²) in [4.78, 5) is 23.5. The third kappa shape index (κ3) is 8.79. The van der Waals surface area contributed by atoms with E-state index in [1.807, 2.05) is 34.6 Å². The minimum atomic E-state index is -0.483. The van der Waals surface area contributed by atoms with Gasteiger partial charge in [-0.15, -0.1) is 0 Å². The zero-order valence-corrected chi connectivity index (χ0v) is 15.2. The third-order valence-electron chi connectivity index (χ3n) is 3.79. The average Bonchev–Trinajstić information content (AvgIpc) is 2.41. The second-order valence-electron chi connectivity index (χ2n) is 7.64. The lowest BCUT2D eigenvalue weighted by Crippen LogP contribution is -2.48. The molecule has 6 nitrogen and oxygen atoms in total. The highest BCUT2D eigenvalue weighted by atomic mass is 16.6. The lowest BCUT2D eigenvalue weighted by Gasteiger charge is -2.32. The quantitative estimate of drug-likeness (QED) is 0.698. The summed E-state index contributed by atoms with van der Waals surface area (Å²) in [6.07, 6.45) is 4.04. The summed E-state index contributed by atoms with van der Waals surface area (Å²) < 4.78 is 5.27. The van der Waals surface area contributed by atoms with Crippen LogP contribution < -0.4 is 16.0 Å². The Morgan fingerprint density at radius 3 is 2.43 bits per heavy atom. The molecule has 1 fully saturated rings. The number of amides is 2. The first-order valence-corrected chi connectivity index (χ1v) is 8.67. The zero-order valence-electron chi connectivity index (χ0n) is 15.2. The number of hydrogen-bond acceptors (Lipinski definition) is 4. The van der Waals surface area contributed by atoms with Crippen LogP contribution in [-0.2, 0) is 9.53 Å². The average molecular weight is 327 g/mol. The molecule has 6 heteroatoms. The fourth-order valence-electron chi connectivity index (χ4n) is 2.85. The van der Waals surface area contributed by atoms with Crippen LogP contribution in [0.5, 0.6) is 0 Å². The summed E-state index contributed by atoms with van der Waals surface area (Å²) in [6, 6.07) is 0.414.